The van der Waals surface area contributed by atoms with Crippen molar-refractivity contribution in [3.05, 3.63) is 57.7 Å². The summed E-state index contributed by atoms with van der Waals surface area (Å²) in [5.41, 5.74) is 0.237. The van der Waals surface area contributed by atoms with Crippen LogP contribution in [0.1, 0.15) is 13.8 Å². The zero-order valence-corrected chi connectivity index (χ0v) is 12.6. The van der Waals surface area contributed by atoms with Crippen LogP contribution in [0.25, 0.3) is 0 Å². The number of hydrogen-bond acceptors (Lipinski definition) is 5. The van der Waals surface area contributed by atoms with E-state index in [0.29, 0.717) is 11.1 Å². The molecule has 0 heterocycles. The van der Waals surface area contributed by atoms with Gasteiger partial charge in [-0.05, 0) is 43.2 Å². The van der Waals surface area contributed by atoms with Crippen molar-refractivity contribution in [1.29, 1.82) is 0 Å². The zero-order valence-electron chi connectivity index (χ0n) is 11.8. The van der Waals surface area contributed by atoms with E-state index < -0.39 is 25.5 Å². The number of Topliss-reactive ketones (excluding diaryl/α,β-unsaturated/α-hetero) is 1. The minimum atomic E-state index is -4.25. The summed E-state index contributed by atoms with van der Waals surface area (Å²) >= 11 is 0. The van der Waals surface area contributed by atoms with Gasteiger partial charge < -0.3 is 0 Å². The lowest BCUT2D eigenvalue weighted by Gasteiger charge is -2.08. The Morgan fingerprint density at radius 3 is 2.18 bits per heavy atom. The van der Waals surface area contributed by atoms with Gasteiger partial charge in [-0.25, -0.2) is 0 Å². The van der Waals surface area contributed by atoms with Crippen LogP contribution in [-0.4, -0.2) is 24.8 Å². The summed E-state index contributed by atoms with van der Waals surface area (Å²) in [6, 6.07) is 4.97. The van der Waals surface area contributed by atoms with Gasteiger partial charge in [0, 0.05) is 6.07 Å². The molecule has 0 bridgehead atoms. The van der Waals surface area contributed by atoms with Gasteiger partial charge in [0.2, 0.25) is 0 Å². The lowest BCUT2D eigenvalue weighted by molar-refractivity contribution is -0.387. The molecule has 0 fully saturated rings. The topological polar surface area (TPSA) is 107 Å². The number of rotatable bonds is 3. The first-order valence-electron chi connectivity index (χ1n) is 6.22. The first kappa shape index (κ1) is 15.8. The average Bonchev–Trinajstić information content (AvgIpc) is 2.44. The van der Waals surface area contributed by atoms with E-state index in [1.165, 1.54) is 24.3 Å². The molecule has 0 radical (unpaired) electrons. The summed E-state index contributed by atoms with van der Waals surface area (Å²) < 4.78 is 28.2. The van der Waals surface area contributed by atoms with Gasteiger partial charge in [-0.1, -0.05) is 12.1 Å². The van der Waals surface area contributed by atoms with E-state index in [4.69, 9.17) is 0 Å². The van der Waals surface area contributed by atoms with Crippen LogP contribution < -0.4 is 0 Å². The van der Waals surface area contributed by atoms with E-state index in [2.05, 4.69) is 4.40 Å². The third-order valence-corrected chi connectivity index (χ3v) is 4.36. The van der Waals surface area contributed by atoms with Crippen LogP contribution >= 0.6 is 0 Å². The fraction of sp³-hybridized carbons (Fsp3) is 0.143. The SMILES string of the molecule is CC1=CC(=NS(=O)(=O)c2ccccc2[N+](=O)[O-])C=C(C)C1=O. The Morgan fingerprint density at radius 1 is 1.09 bits per heavy atom. The molecule has 1 aromatic carbocycles. The molecule has 114 valence electrons. The minimum absolute atomic E-state index is 0.0627. The maximum atomic E-state index is 12.3. The second-order valence-electron chi connectivity index (χ2n) is 4.70. The van der Waals surface area contributed by atoms with Gasteiger partial charge in [-0.2, -0.15) is 12.8 Å². The Hall–Kier alpha value is -2.61. The summed E-state index contributed by atoms with van der Waals surface area (Å²) in [5, 5.41) is 10.9. The highest BCUT2D eigenvalue weighted by molar-refractivity contribution is 7.90. The molecule has 0 aromatic heterocycles. The van der Waals surface area contributed by atoms with E-state index in [1.807, 2.05) is 0 Å². The summed E-state index contributed by atoms with van der Waals surface area (Å²) in [5.74, 6) is -0.193. The number of carbonyl (C=O) groups is 1. The van der Waals surface area contributed by atoms with Gasteiger partial charge >= 0.3 is 0 Å². The summed E-state index contributed by atoms with van der Waals surface area (Å²) in [4.78, 5) is 21.3. The fourth-order valence-electron chi connectivity index (χ4n) is 1.99. The molecule has 0 aliphatic heterocycles. The molecule has 22 heavy (non-hydrogen) atoms. The maximum absolute atomic E-state index is 12.3. The van der Waals surface area contributed by atoms with Crippen molar-refractivity contribution in [2.24, 2.45) is 4.40 Å². The van der Waals surface area contributed by atoms with E-state index in [1.54, 1.807) is 13.8 Å². The summed E-state index contributed by atoms with van der Waals surface area (Å²) in [6.45, 7) is 3.10. The Balaban J connectivity index is 2.56. The van der Waals surface area contributed by atoms with Crippen molar-refractivity contribution in [3.8, 4) is 0 Å². The van der Waals surface area contributed by atoms with E-state index in [9.17, 15) is 23.3 Å². The van der Waals surface area contributed by atoms with Gasteiger partial charge in [0.15, 0.2) is 10.7 Å². The lowest BCUT2D eigenvalue weighted by atomic mass is 9.98. The molecule has 0 saturated heterocycles. The standard InChI is InChI=1S/C14H12N2O5S/c1-9-7-11(8-10(2)14(9)17)15-22(20,21)13-6-4-3-5-12(13)16(18)19/h3-8H,1-2H3. The lowest BCUT2D eigenvalue weighted by Crippen LogP contribution is -2.12. The predicted octanol–water partition coefficient (Wildman–Crippen LogP) is 2.20. The largest absolute Gasteiger partial charge is 0.289 e. The molecule has 0 atom stereocenters. The molecular formula is C14H12N2O5S. The van der Waals surface area contributed by atoms with Gasteiger partial charge in [-0.15, -0.1) is 0 Å². The molecule has 1 aliphatic carbocycles. The number of para-hydroxylation sites is 1. The van der Waals surface area contributed by atoms with Crippen LogP contribution in [0.15, 0.2) is 56.9 Å². The normalized spacial score (nSPS) is 15.2. The Morgan fingerprint density at radius 2 is 1.64 bits per heavy atom. The number of allylic oxidation sites excluding steroid dienone is 4. The van der Waals surface area contributed by atoms with Gasteiger partial charge in [-0.3, -0.25) is 14.9 Å². The molecule has 0 amide bonds. The minimum Gasteiger partial charge on any atom is -0.289 e. The third-order valence-electron chi connectivity index (χ3n) is 3.01. The van der Waals surface area contributed by atoms with Crippen molar-refractivity contribution in [2.75, 3.05) is 0 Å². The molecule has 0 N–H and O–H groups in total. The fourth-order valence-corrected chi connectivity index (χ4v) is 3.13. The van der Waals surface area contributed by atoms with E-state index in [0.717, 1.165) is 12.1 Å². The number of nitro groups is 1. The van der Waals surface area contributed by atoms with Crippen LogP contribution in [0, 0.1) is 10.1 Å². The van der Waals surface area contributed by atoms with Crippen molar-refractivity contribution in [2.45, 2.75) is 18.7 Å². The Labute approximate surface area is 126 Å². The smallest absolute Gasteiger partial charge is 0.289 e. The second kappa shape index (κ2) is 5.64. The number of sulfonamides is 1. The maximum Gasteiger partial charge on any atom is 0.289 e. The monoisotopic (exact) mass is 320 g/mol. The summed E-state index contributed by atoms with van der Waals surface area (Å²) in [7, 11) is -4.25. The third kappa shape index (κ3) is 3.01. The molecule has 0 saturated carbocycles. The van der Waals surface area contributed by atoms with Crippen LogP contribution in [0.3, 0.4) is 0 Å². The zero-order chi connectivity index (χ0) is 16.5. The number of nitrogens with zero attached hydrogens (tertiary/aromatic N) is 2. The van der Waals surface area contributed by atoms with Crippen LogP contribution in [-0.2, 0) is 14.8 Å². The van der Waals surface area contributed by atoms with E-state index >= 15 is 0 Å². The highest BCUT2D eigenvalue weighted by atomic mass is 32.2. The van der Waals surface area contributed by atoms with Crippen LogP contribution in [0.2, 0.25) is 0 Å². The second-order valence-corrected chi connectivity index (χ2v) is 6.27. The molecule has 1 aliphatic rings. The first-order valence-corrected chi connectivity index (χ1v) is 7.66. The first-order chi connectivity index (χ1) is 10.2. The Kier molecular flexibility index (Phi) is 4.05. The highest BCUT2D eigenvalue weighted by Crippen LogP contribution is 2.25. The molecular weight excluding hydrogens is 308 g/mol. The van der Waals surface area contributed by atoms with Crippen molar-refractivity contribution in [3.63, 3.8) is 0 Å². The number of ketones is 1. The number of benzene rings is 1. The predicted molar refractivity (Wildman–Crippen MR) is 80.2 cm³/mol. The van der Waals surface area contributed by atoms with Crippen molar-refractivity contribution >= 4 is 27.2 Å². The van der Waals surface area contributed by atoms with Crippen molar-refractivity contribution in [1.82, 2.24) is 0 Å². The molecule has 2 rings (SSSR count). The number of carbonyl (C=O) groups excluding carboxylic acids is 1. The molecule has 1 aromatic rings. The molecule has 0 spiro atoms. The van der Waals surface area contributed by atoms with E-state index in [-0.39, 0.29) is 11.5 Å². The van der Waals surface area contributed by atoms with Crippen molar-refractivity contribution < 1.29 is 18.1 Å². The average molecular weight is 320 g/mol. The van der Waals surface area contributed by atoms with Gasteiger partial charge in [0.1, 0.15) is 0 Å². The van der Waals surface area contributed by atoms with Crippen LogP contribution in [0.4, 0.5) is 5.69 Å². The highest BCUT2D eigenvalue weighted by Gasteiger charge is 2.25. The Bertz CT molecular complexity index is 839. The number of hydrogen-bond donors (Lipinski definition) is 0. The molecule has 7 nitrogen and oxygen atoms in total. The van der Waals surface area contributed by atoms with Crippen LogP contribution in [0.5, 0.6) is 0 Å². The molecule has 8 heteroatoms. The summed E-state index contributed by atoms with van der Waals surface area (Å²) in [6.07, 6.45) is 2.67. The van der Waals surface area contributed by atoms with Gasteiger partial charge in [0.05, 0.1) is 10.6 Å². The quantitative estimate of drug-likeness (QED) is 0.482. The molecule has 0 unspecified atom stereocenters. The van der Waals surface area contributed by atoms with Gasteiger partial charge in [0.25, 0.3) is 15.7 Å². The number of nitro benzene ring substituents is 1.